The first-order valence-electron chi connectivity index (χ1n) is 12.6. The number of anilines is 1. The molecule has 1 aromatic heterocycles. The number of fused-ring (bicyclic) bond motifs is 1. The zero-order chi connectivity index (χ0) is 23.5. The van der Waals surface area contributed by atoms with E-state index in [0.717, 1.165) is 50.9 Å². The second-order valence-corrected chi connectivity index (χ2v) is 9.80. The molecule has 0 spiro atoms. The minimum absolute atomic E-state index is 0.223. The van der Waals surface area contributed by atoms with E-state index in [9.17, 15) is 9.59 Å². The van der Waals surface area contributed by atoms with Gasteiger partial charge >= 0.3 is 11.7 Å². The van der Waals surface area contributed by atoms with Gasteiger partial charge < -0.3 is 21.3 Å². The Kier molecular flexibility index (Phi) is 6.94. The molecule has 2 aliphatic carbocycles. The third-order valence-electron chi connectivity index (χ3n) is 7.38. The summed E-state index contributed by atoms with van der Waals surface area (Å²) in [6.45, 7) is 2.83. The van der Waals surface area contributed by atoms with Crippen molar-refractivity contribution in [1.29, 1.82) is 0 Å². The third-order valence-corrected chi connectivity index (χ3v) is 7.38. The van der Waals surface area contributed by atoms with Gasteiger partial charge in [-0.25, -0.2) is 9.59 Å². The highest BCUT2D eigenvalue weighted by molar-refractivity contribution is 5.88. The summed E-state index contributed by atoms with van der Waals surface area (Å²) < 4.78 is 1.54. The number of nitrogens with one attached hydrogen (secondary N) is 3. The van der Waals surface area contributed by atoms with Gasteiger partial charge in [0.2, 0.25) is 0 Å². The summed E-state index contributed by atoms with van der Waals surface area (Å²) in [6.07, 6.45) is 9.37. The van der Waals surface area contributed by atoms with Crippen molar-refractivity contribution in [3.63, 3.8) is 0 Å². The predicted octanol–water partition coefficient (Wildman–Crippen LogP) is 1.39. The van der Waals surface area contributed by atoms with Crippen molar-refractivity contribution >= 4 is 11.8 Å². The molecule has 182 valence electrons. The van der Waals surface area contributed by atoms with Crippen LogP contribution in [0.2, 0.25) is 0 Å². The van der Waals surface area contributed by atoms with Crippen LogP contribution in [0.1, 0.15) is 43.2 Å². The summed E-state index contributed by atoms with van der Waals surface area (Å²) in [7, 11) is 0. The summed E-state index contributed by atoms with van der Waals surface area (Å²) >= 11 is 0. The van der Waals surface area contributed by atoms with Crippen LogP contribution in [0.15, 0.2) is 35.3 Å². The fraction of sp³-hybridized carbons (Fsp3) is 0.560. The molecule has 34 heavy (non-hydrogen) atoms. The Morgan fingerprint density at radius 2 is 1.82 bits per heavy atom. The SMILES string of the molecule is N[C@H]1CC[C@H](NC2CCc3cc(-n4ccc(NC(=O)N5CCNCC5)nc4=O)ccc3C2)CC1. The van der Waals surface area contributed by atoms with E-state index in [0.29, 0.717) is 31.2 Å². The van der Waals surface area contributed by atoms with Crippen LogP contribution in [0.3, 0.4) is 0 Å². The molecular weight excluding hydrogens is 430 g/mol. The van der Waals surface area contributed by atoms with Gasteiger partial charge in [0, 0.05) is 50.5 Å². The zero-order valence-electron chi connectivity index (χ0n) is 19.6. The number of aromatic nitrogens is 2. The summed E-state index contributed by atoms with van der Waals surface area (Å²) in [4.78, 5) is 30.9. The van der Waals surface area contributed by atoms with Gasteiger partial charge in [0.05, 0.1) is 5.69 Å². The molecule has 1 aromatic carbocycles. The Balaban J connectivity index is 1.23. The molecule has 5 N–H and O–H groups in total. The number of urea groups is 1. The van der Waals surface area contributed by atoms with Crippen LogP contribution in [-0.2, 0) is 12.8 Å². The molecule has 1 saturated carbocycles. The minimum atomic E-state index is -0.399. The topological polar surface area (TPSA) is 117 Å². The van der Waals surface area contributed by atoms with Crippen molar-refractivity contribution in [2.45, 2.75) is 63.1 Å². The van der Waals surface area contributed by atoms with E-state index < -0.39 is 5.69 Å². The van der Waals surface area contributed by atoms with Crippen molar-refractivity contribution in [1.82, 2.24) is 25.1 Å². The molecule has 9 nitrogen and oxygen atoms in total. The van der Waals surface area contributed by atoms with Crippen molar-refractivity contribution < 1.29 is 4.79 Å². The average Bonchev–Trinajstić information content (AvgIpc) is 2.86. The average molecular weight is 466 g/mol. The molecule has 1 saturated heterocycles. The van der Waals surface area contributed by atoms with Gasteiger partial charge in [0.25, 0.3) is 0 Å². The molecule has 1 aliphatic heterocycles. The van der Waals surface area contributed by atoms with Crippen molar-refractivity contribution in [3.8, 4) is 5.69 Å². The number of benzene rings is 1. The molecule has 2 amide bonds. The number of rotatable bonds is 4. The third kappa shape index (κ3) is 5.32. The van der Waals surface area contributed by atoms with E-state index in [4.69, 9.17) is 5.73 Å². The maximum atomic E-state index is 12.7. The van der Waals surface area contributed by atoms with Crippen molar-refractivity contribution in [3.05, 3.63) is 52.1 Å². The van der Waals surface area contributed by atoms with E-state index >= 15 is 0 Å². The van der Waals surface area contributed by atoms with Gasteiger partial charge in [0.15, 0.2) is 0 Å². The molecular formula is C25H35N7O2. The van der Waals surface area contributed by atoms with Gasteiger partial charge in [0.1, 0.15) is 5.82 Å². The van der Waals surface area contributed by atoms with Crippen LogP contribution in [0, 0.1) is 0 Å². The number of carbonyl (C=O) groups is 1. The lowest BCUT2D eigenvalue weighted by molar-refractivity contribution is 0.204. The van der Waals surface area contributed by atoms with Gasteiger partial charge in [-0.05, 0) is 74.3 Å². The maximum absolute atomic E-state index is 12.7. The van der Waals surface area contributed by atoms with Crippen molar-refractivity contribution in [2.75, 3.05) is 31.5 Å². The van der Waals surface area contributed by atoms with Crippen LogP contribution < -0.4 is 27.4 Å². The molecule has 9 heteroatoms. The quantitative estimate of drug-likeness (QED) is 0.542. The lowest BCUT2D eigenvalue weighted by Crippen LogP contribution is -2.48. The minimum Gasteiger partial charge on any atom is -0.328 e. The summed E-state index contributed by atoms with van der Waals surface area (Å²) in [5.74, 6) is 0.278. The second-order valence-electron chi connectivity index (χ2n) is 9.80. The molecule has 5 rings (SSSR count). The standard InChI is InChI=1S/C25H35N7O2/c26-19-3-6-20(7-4-19)28-21-5-1-18-16-22(8-2-17(18)15-21)32-12-9-23(30-25(32)34)29-24(33)31-13-10-27-11-14-31/h2,8-9,12,16,19-21,27-28H,1,3-7,10-11,13-15,26H2,(H,29,30,33,34)/t19-,20-,21?. The first kappa shape index (κ1) is 23.0. The molecule has 3 aliphatic rings. The first-order valence-corrected chi connectivity index (χ1v) is 12.6. The number of nitrogens with zero attached hydrogens (tertiary/aromatic N) is 3. The fourth-order valence-corrected chi connectivity index (χ4v) is 5.38. The molecule has 1 unspecified atom stereocenters. The molecule has 2 heterocycles. The zero-order valence-corrected chi connectivity index (χ0v) is 19.6. The first-order chi connectivity index (χ1) is 16.5. The summed E-state index contributed by atoms with van der Waals surface area (Å²) in [5, 5.41) is 9.81. The number of piperazine rings is 1. The number of hydrogen-bond donors (Lipinski definition) is 4. The van der Waals surface area contributed by atoms with Crippen LogP contribution in [-0.4, -0.2) is 64.8 Å². The smallest absolute Gasteiger partial charge is 0.328 e. The highest BCUT2D eigenvalue weighted by atomic mass is 16.2. The predicted molar refractivity (Wildman–Crippen MR) is 132 cm³/mol. The van der Waals surface area contributed by atoms with E-state index in [-0.39, 0.29) is 11.8 Å². The Hall–Kier alpha value is -2.75. The monoisotopic (exact) mass is 465 g/mol. The largest absolute Gasteiger partial charge is 0.354 e. The van der Waals surface area contributed by atoms with Gasteiger partial charge in [-0.15, -0.1) is 0 Å². The Labute approximate surface area is 200 Å². The Morgan fingerprint density at radius 3 is 2.59 bits per heavy atom. The normalized spacial score (nSPS) is 25.0. The maximum Gasteiger partial charge on any atom is 0.354 e. The molecule has 1 atom stereocenters. The lowest BCUT2D eigenvalue weighted by Gasteiger charge is -2.33. The van der Waals surface area contributed by atoms with Crippen molar-refractivity contribution in [2.24, 2.45) is 5.73 Å². The highest BCUT2D eigenvalue weighted by Gasteiger charge is 2.24. The number of hydrogen-bond acceptors (Lipinski definition) is 6. The Bertz CT molecular complexity index is 1070. The lowest BCUT2D eigenvalue weighted by atomic mass is 9.85. The number of aryl methyl sites for hydroxylation is 1. The van der Waals surface area contributed by atoms with E-state index in [1.807, 2.05) is 6.07 Å². The van der Waals surface area contributed by atoms with Gasteiger partial charge in [-0.2, -0.15) is 4.98 Å². The van der Waals surface area contributed by atoms with E-state index in [1.54, 1.807) is 17.2 Å². The Morgan fingerprint density at radius 1 is 1.03 bits per heavy atom. The van der Waals surface area contributed by atoms with Crippen LogP contribution in [0.5, 0.6) is 0 Å². The summed E-state index contributed by atoms with van der Waals surface area (Å²) in [6, 6.07) is 9.15. The van der Waals surface area contributed by atoms with Gasteiger partial charge in [-0.3, -0.25) is 9.88 Å². The molecule has 0 radical (unpaired) electrons. The second kappa shape index (κ2) is 10.2. The van der Waals surface area contributed by atoms with Crippen LogP contribution in [0.4, 0.5) is 10.6 Å². The number of carbonyl (C=O) groups excluding carboxylic acids is 1. The molecule has 2 fully saturated rings. The highest BCUT2D eigenvalue weighted by Crippen LogP contribution is 2.26. The molecule has 0 bridgehead atoms. The summed E-state index contributed by atoms with van der Waals surface area (Å²) in [5.41, 5.74) is 9.10. The van der Waals surface area contributed by atoms with Crippen LogP contribution in [0.25, 0.3) is 5.69 Å². The number of amides is 2. The van der Waals surface area contributed by atoms with E-state index in [1.165, 1.54) is 28.5 Å². The van der Waals surface area contributed by atoms with Gasteiger partial charge in [-0.1, -0.05) is 6.07 Å². The number of nitrogens with two attached hydrogens (primary N) is 1. The fourth-order valence-electron chi connectivity index (χ4n) is 5.38. The molecule has 2 aromatic rings. The van der Waals surface area contributed by atoms with E-state index in [2.05, 4.69) is 33.1 Å². The van der Waals surface area contributed by atoms with Crippen LogP contribution >= 0.6 is 0 Å².